The lowest BCUT2D eigenvalue weighted by Crippen LogP contribution is -2.10. The Morgan fingerprint density at radius 2 is 1.90 bits per heavy atom. The molecule has 0 spiro atoms. The molecule has 0 amide bonds. The fraction of sp³-hybridized carbons (Fsp3) is 0.389. The van der Waals surface area contributed by atoms with E-state index in [1.807, 2.05) is 38.1 Å². The zero-order valence-electron chi connectivity index (χ0n) is 13.2. The normalized spacial score (nSPS) is 10.9. The van der Waals surface area contributed by atoms with E-state index < -0.39 is 0 Å². The summed E-state index contributed by atoms with van der Waals surface area (Å²) < 4.78 is 7.38. The lowest BCUT2D eigenvalue weighted by molar-refractivity contribution is 0.0525. The first-order valence-electron chi connectivity index (χ1n) is 7.47. The van der Waals surface area contributed by atoms with Gasteiger partial charge in [-0.05, 0) is 31.4 Å². The van der Waals surface area contributed by atoms with Crippen LogP contribution in [0.15, 0.2) is 36.4 Å². The molecule has 21 heavy (non-hydrogen) atoms. The monoisotopic (exact) mass is 285 g/mol. The van der Waals surface area contributed by atoms with E-state index in [9.17, 15) is 4.79 Å². The Kier molecular flexibility index (Phi) is 4.84. The molecule has 0 atom stereocenters. The molecule has 2 aromatic rings. The Balaban J connectivity index is 2.52. The topological polar surface area (TPSA) is 31.2 Å². The Morgan fingerprint density at radius 3 is 2.48 bits per heavy atom. The van der Waals surface area contributed by atoms with Crippen LogP contribution in [0.25, 0.3) is 11.3 Å². The third-order valence-electron chi connectivity index (χ3n) is 3.48. The smallest absolute Gasteiger partial charge is 0.339 e. The highest BCUT2D eigenvalue weighted by Crippen LogP contribution is 2.27. The van der Waals surface area contributed by atoms with Gasteiger partial charge >= 0.3 is 5.97 Å². The van der Waals surface area contributed by atoms with Crippen molar-refractivity contribution < 1.29 is 9.53 Å². The van der Waals surface area contributed by atoms with Crippen molar-refractivity contribution in [1.29, 1.82) is 0 Å². The number of ether oxygens (including phenoxy) is 1. The maximum absolute atomic E-state index is 12.1. The van der Waals surface area contributed by atoms with Crippen LogP contribution in [0.2, 0.25) is 0 Å². The molecule has 0 N–H and O–H groups in total. The summed E-state index contributed by atoms with van der Waals surface area (Å²) >= 11 is 0. The van der Waals surface area contributed by atoms with Crippen molar-refractivity contribution in [1.82, 2.24) is 4.57 Å². The largest absolute Gasteiger partial charge is 0.462 e. The number of benzene rings is 1. The number of rotatable bonds is 5. The lowest BCUT2D eigenvalue weighted by Gasteiger charge is -2.14. The highest BCUT2D eigenvalue weighted by atomic mass is 16.5. The van der Waals surface area contributed by atoms with E-state index in [1.165, 1.54) is 0 Å². The molecular weight excluding hydrogens is 262 g/mol. The molecule has 0 aliphatic rings. The molecule has 0 bridgehead atoms. The Hall–Kier alpha value is -2.03. The fourth-order valence-corrected chi connectivity index (χ4v) is 2.51. The maximum Gasteiger partial charge on any atom is 0.339 e. The summed E-state index contributed by atoms with van der Waals surface area (Å²) in [6.45, 7) is 9.46. The van der Waals surface area contributed by atoms with Gasteiger partial charge in [0.2, 0.25) is 0 Å². The molecule has 0 fully saturated rings. The third-order valence-corrected chi connectivity index (χ3v) is 3.48. The number of carbonyl (C=O) groups is 1. The number of carbonyl (C=O) groups excluding carboxylic acids is 1. The molecule has 1 aromatic carbocycles. The van der Waals surface area contributed by atoms with Crippen molar-refractivity contribution in [3.8, 4) is 11.3 Å². The van der Waals surface area contributed by atoms with Crippen LogP contribution < -0.4 is 0 Å². The molecule has 1 heterocycles. The summed E-state index contributed by atoms with van der Waals surface area (Å²) in [6, 6.07) is 12.1. The van der Waals surface area contributed by atoms with Gasteiger partial charge in [0.25, 0.3) is 0 Å². The van der Waals surface area contributed by atoms with E-state index in [2.05, 4.69) is 30.5 Å². The van der Waals surface area contributed by atoms with Gasteiger partial charge in [-0.25, -0.2) is 4.79 Å². The summed E-state index contributed by atoms with van der Waals surface area (Å²) in [4.78, 5) is 12.1. The summed E-state index contributed by atoms with van der Waals surface area (Å²) in [5.41, 5.74) is 3.83. The molecule has 2 rings (SSSR count). The molecule has 3 nitrogen and oxygen atoms in total. The van der Waals surface area contributed by atoms with Crippen molar-refractivity contribution in [2.75, 3.05) is 6.61 Å². The van der Waals surface area contributed by atoms with Crippen LogP contribution in [0.1, 0.15) is 36.8 Å². The number of hydrogen-bond donors (Lipinski definition) is 0. The van der Waals surface area contributed by atoms with Gasteiger partial charge < -0.3 is 9.30 Å². The van der Waals surface area contributed by atoms with E-state index >= 15 is 0 Å². The standard InChI is InChI=1S/C18H23NO2/c1-5-21-18(20)16-11-17(15-9-7-6-8-10-15)19(14(16)4)12-13(2)3/h6-11,13H,5,12H2,1-4H3. The fourth-order valence-electron chi connectivity index (χ4n) is 2.51. The average Bonchev–Trinajstić information content (AvgIpc) is 2.77. The Morgan fingerprint density at radius 1 is 1.24 bits per heavy atom. The zero-order chi connectivity index (χ0) is 15.4. The van der Waals surface area contributed by atoms with Gasteiger partial charge in [0.05, 0.1) is 12.2 Å². The number of hydrogen-bond acceptors (Lipinski definition) is 2. The predicted molar refractivity (Wildman–Crippen MR) is 85.4 cm³/mol. The minimum atomic E-state index is -0.241. The molecule has 0 saturated heterocycles. The number of nitrogens with zero attached hydrogens (tertiary/aromatic N) is 1. The molecule has 0 unspecified atom stereocenters. The zero-order valence-corrected chi connectivity index (χ0v) is 13.2. The van der Waals surface area contributed by atoms with E-state index in [1.54, 1.807) is 0 Å². The molecule has 0 aliphatic carbocycles. The van der Waals surface area contributed by atoms with Crippen LogP contribution in [0, 0.1) is 12.8 Å². The van der Waals surface area contributed by atoms with Gasteiger partial charge in [-0.1, -0.05) is 44.2 Å². The summed E-state index contributed by atoms with van der Waals surface area (Å²) in [5, 5.41) is 0. The summed E-state index contributed by atoms with van der Waals surface area (Å²) in [7, 11) is 0. The van der Waals surface area contributed by atoms with E-state index in [-0.39, 0.29) is 5.97 Å². The van der Waals surface area contributed by atoms with Crippen LogP contribution in [0.3, 0.4) is 0 Å². The highest BCUT2D eigenvalue weighted by Gasteiger charge is 2.19. The van der Waals surface area contributed by atoms with Crippen LogP contribution in [-0.4, -0.2) is 17.1 Å². The van der Waals surface area contributed by atoms with Crippen molar-refractivity contribution >= 4 is 5.97 Å². The Bertz CT molecular complexity index is 612. The van der Waals surface area contributed by atoms with Crippen molar-refractivity contribution in [3.05, 3.63) is 47.7 Å². The predicted octanol–water partition coefficient (Wildman–Crippen LogP) is 4.30. The molecule has 3 heteroatoms. The number of esters is 1. The van der Waals surface area contributed by atoms with Crippen molar-refractivity contribution in [2.24, 2.45) is 5.92 Å². The van der Waals surface area contributed by atoms with E-state index in [4.69, 9.17) is 4.74 Å². The second-order valence-corrected chi connectivity index (χ2v) is 5.62. The van der Waals surface area contributed by atoms with Gasteiger partial charge in [-0.15, -0.1) is 0 Å². The lowest BCUT2D eigenvalue weighted by atomic mass is 10.1. The summed E-state index contributed by atoms with van der Waals surface area (Å²) in [6.07, 6.45) is 0. The highest BCUT2D eigenvalue weighted by molar-refractivity contribution is 5.92. The summed E-state index contributed by atoms with van der Waals surface area (Å²) in [5.74, 6) is 0.267. The maximum atomic E-state index is 12.1. The minimum Gasteiger partial charge on any atom is -0.462 e. The van der Waals surface area contributed by atoms with Crippen molar-refractivity contribution in [3.63, 3.8) is 0 Å². The second-order valence-electron chi connectivity index (χ2n) is 5.62. The molecular formula is C18H23NO2. The van der Waals surface area contributed by atoms with Gasteiger partial charge in [0.1, 0.15) is 0 Å². The quantitative estimate of drug-likeness (QED) is 0.767. The molecule has 112 valence electrons. The SMILES string of the molecule is CCOC(=O)c1cc(-c2ccccc2)n(CC(C)C)c1C. The van der Waals surface area contributed by atoms with Crippen LogP contribution in [0.5, 0.6) is 0 Å². The van der Waals surface area contributed by atoms with Gasteiger partial charge in [0, 0.05) is 17.9 Å². The molecule has 0 saturated carbocycles. The van der Waals surface area contributed by atoms with Crippen molar-refractivity contribution in [2.45, 2.75) is 34.2 Å². The first-order valence-corrected chi connectivity index (χ1v) is 7.47. The van der Waals surface area contributed by atoms with Crippen LogP contribution in [0.4, 0.5) is 0 Å². The molecule has 0 radical (unpaired) electrons. The minimum absolute atomic E-state index is 0.241. The number of aromatic nitrogens is 1. The second kappa shape index (κ2) is 6.61. The first-order chi connectivity index (χ1) is 10.0. The average molecular weight is 285 g/mol. The van der Waals surface area contributed by atoms with E-state index in [0.717, 1.165) is 23.5 Å². The van der Waals surface area contributed by atoms with Gasteiger partial charge in [-0.3, -0.25) is 0 Å². The van der Waals surface area contributed by atoms with Gasteiger partial charge in [0.15, 0.2) is 0 Å². The van der Waals surface area contributed by atoms with E-state index in [0.29, 0.717) is 18.1 Å². The van der Waals surface area contributed by atoms with Gasteiger partial charge in [-0.2, -0.15) is 0 Å². The Labute approximate surface area is 126 Å². The molecule has 1 aromatic heterocycles. The van der Waals surface area contributed by atoms with Crippen LogP contribution in [-0.2, 0) is 11.3 Å². The first kappa shape index (κ1) is 15.4. The van der Waals surface area contributed by atoms with Crippen LogP contribution >= 0.6 is 0 Å². The third kappa shape index (κ3) is 3.35. The molecule has 0 aliphatic heterocycles.